The van der Waals surface area contributed by atoms with E-state index < -0.39 is 0 Å². The zero-order valence-electron chi connectivity index (χ0n) is 28.4. The van der Waals surface area contributed by atoms with Crippen molar-refractivity contribution in [1.29, 1.82) is 0 Å². The van der Waals surface area contributed by atoms with E-state index in [1.807, 2.05) is 0 Å². The average Bonchev–Trinajstić information content (AvgIpc) is 3.19. The summed E-state index contributed by atoms with van der Waals surface area (Å²) in [5, 5.41) is 7.30. The van der Waals surface area contributed by atoms with Gasteiger partial charge in [0, 0.05) is 33.5 Å². The monoisotopic (exact) mass is 652 g/mol. The lowest BCUT2D eigenvalue weighted by atomic mass is 10.0. The van der Waals surface area contributed by atoms with Crippen molar-refractivity contribution in [2.45, 2.75) is 6.92 Å². The lowest BCUT2D eigenvalue weighted by Gasteiger charge is -2.30. The molecule has 0 heterocycles. The van der Waals surface area contributed by atoms with Crippen molar-refractivity contribution in [2.24, 2.45) is 0 Å². The molecule has 2 nitrogen and oxygen atoms in total. The molecule has 0 aliphatic carbocycles. The molecule has 9 aromatic rings. The fourth-order valence-corrected chi connectivity index (χ4v) is 7.28. The summed E-state index contributed by atoms with van der Waals surface area (Å²) in [6.07, 6.45) is 0. The zero-order chi connectivity index (χ0) is 34.1. The lowest BCUT2D eigenvalue weighted by Crippen LogP contribution is -2.13. The summed E-state index contributed by atoms with van der Waals surface area (Å²) in [6, 6.07) is 72.4. The van der Waals surface area contributed by atoms with Crippen molar-refractivity contribution in [1.82, 2.24) is 0 Å². The first-order chi connectivity index (χ1) is 25.2. The van der Waals surface area contributed by atoms with Crippen LogP contribution in [0.3, 0.4) is 0 Å². The molecule has 9 aromatic carbocycles. The van der Waals surface area contributed by atoms with Crippen LogP contribution < -0.4 is 9.80 Å². The van der Waals surface area contributed by atoms with Crippen molar-refractivity contribution < 1.29 is 0 Å². The number of hydrogen-bond donors (Lipinski definition) is 0. The SMILES string of the molecule is Cc1ccc(-c2ccc(N(c3ccc(N(c4cccc5ccccc45)c4cccc5ccccc45)cc3)c3ccc4ccccc4c3)cc2)cc1. The Balaban J connectivity index is 1.18. The molecule has 0 spiro atoms. The number of fused-ring (bicyclic) bond motifs is 3. The van der Waals surface area contributed by atoms with Crippen LogP contribution in [0, 0.1) is 6.92 Å². The number of aryl methyl sites for hydroxylation is 1. The van der Waals surface area contributed by atoms with Gasteiger partial charge in [-0.1, -0.05) is 145 Å². The quantitative estimate of drug-likeness (QED) is 0.169. The molecular formula is C49H36N2. The fraction of sp³-hybridized carbons (Fsp3) is 0.0204. The lowest BCUT2D eigenvalue weighted by molar-refractivity contribution is 1.27. The molecule has 2 heteroatoms. The molecule has 0 saturated heterocycles. The number of benzene rings is 9. The van der Waals surface area contributed by atoms with Gasteiger partial charge in [0.15, 0.2) is 0 Å². The van der Waals surface area contributed by atoms with Gasteiger partial charge in [0.05, 0.1) is 11.4 Å². The van der Waals surface area contributed by atoms with Crippen LogP contribution in [0.2, 0.25) is 0 Å². The molecule has 0 aliphatic rings. The Morgan fingerprint density at radius 3 is 1.27 bits per heavy atom. The van der Waals surface area contributed by atoms with E-state index in [2.05, 4.69) is 217 Å². The summed E-state index contributed by atoms with van der Waals surface area (Å²) in [4.78, 5) is 4.76. The number of nitrogens with zero attached hydrogens (tertiary/aromatic N) is 2. The molecule has 0 radical (unpaired) electrons. The Hall–Kier alpha value is -6.64. The van der Waals surface area contributed by atoms with Gasteiger partial charge in [-0.05, 0) is 100 Å². The Labute approximate surface area is 299 Å². The van der Waals surface area contributed by atoms with Crippen molar-refractivity contribution in [2.75, 3.05) is 9.80 Å². The third-order valence-corrected chi connectivity index (χ3v) is 9.88. The summed E-state index contributed by atoms with van der Waals surface area (Å²) >= 11 is 0. The second kappa shape index (κ2) is 13.0. The van der Waals surface area contributed by atoms with Crippen LogP contribution in [-0.4, -0.2) is 0 Å². The Morgan fingerprint density at radius 1 is 0.294 bits per heavy atom. The van der Waals surface area contributed by atoms with Gasteiger partial charge < -0.3 is 9.80 Å². The first-order valence-electron chi connectivity index (χ1n) is 17.5. The Kier molecular flexibility index (Phi) is 7.75. The highest BCUT2D eigenvalue weighted by atomic mass is 15.2. The molecule has 9 rings (SSSR count). The highest BCUT2D eigenvalue weighted by Gasteiger charge is 2.19. The zero-order valence-corrected chi connectivity index (χ0v) is 28.4. The number of anilines is 6. The molecule has 51 heavy (non-hydrogen) atoms. The van der Waals surface area contributed by atoms with Crippen molar-refractivity contribution in [3.63, 3.8) is 0 Å². The Morgan fingerprint density at radius 2 is 0.706 bits per heavy atom. The van der Waals surface area contributed by atoms with Crippen LogP contribution in [-0.2, 0) is 0 Å². The first kappa shape index (κ1) is 30.4. The highest BCUT2D eigenvalue weighted by Crippen LogP contribution is 2.44. The van der Waals surface area contributed by atoms with E-state index in [1.165, 1.54) is 49.0 Å². The maximum Gasteiger partial charge on any atom is 0.0540 e. The van der Waals surface area contributed by atoms with Crippen LogP contribution in [0.4, 0.5) is 34.1 Å². The van der Waals surface area contributed by atoms with Crippen molar-refractivity contribution >= 4 is 66.4 Å². The van der Waals surface area contributed by atoms with E-state index in [-0.39, 0.29) is 0 Å². The normalized spacial score (nSPS) is 11.2. The van der Waals surface area contributed by atoms with Crippen molar-refractivity contribution in [3.8, 4) is 11.1 Å². The largest absolute Gasteiger partial charge is 0.310 e. The third kappa shape index (κ3) is 5.77. The van der Waals surface area contributed by atoms with Crippen LogP contribution in [0.5, 0.6) is 0 Å². The molecular weight excluding hydrogens is 617 g/mol. The maximum absolute atomic E-state index is 2.41. The van der Waals surface area contributed by atoms with Crippen molar-refractivity contribution in [3.05, 3.63) is 206 Å². The highest BCUT2D eigenvalue weighted by molar-refractivity contribution is 6.05. The first-order valence-corrected chi connectivity index (χ1v) is 17.5. The molecule has 0 unspecified atom stereocenters. The van der Waals surface area contributed by atoms with Gasteiger partial charge in [0.25, 0.3) is 0 Å². The summed E-state index contributed by atoms with van der Waals surface area (Å²) in [7, 11) is 0. The van der Waals surface area contributed by atoms with Gasteiger partial charge in [0.2, 0.25) is 0 Å². The van der Waals surface area contributed by atoms with Crippen LogP contribution in [0.15, 0.2) is 200 Å². The predicted molar refractivity (Wildman–Crippen MR) is 218 cm³/mol. The molecule has 0 saturated carbocycles. The minimum Gasteiger partial charge on any atom is -0.310 e. The van der Waals surface area contributed by atoms with Crippen LogP contribution in [0.25, 0.3) is 43.4 Å². The molecule has 0 N–H and O–H groups in total. The van der Waals surface area contributed by atoms with E-state index in [9.17, 15) is 0 Å². The summed E-state index contributed by atoms with van der Waals surface area (Å²) < 4.78 is 0. The fourth-order valence-electron chi connectivity index (χ4n) is 7.28. The van der Waals surface area contributed by atoms with E-state index in [1.54, 1.807) is 0 Å². The van der Waals surface area contributed by atoms with E-state index in [0.29, 0.717) is 0 Å². The number of rotatable bonds is 7. The second-order valence-corrected chi connectivity index (χ2v) is 13.1. The summed E-state index contributed by atoms with van der Waals surface area (Å²) in [5.41, 5.74) is 10.4. The van der Waals surface area contributed by atoms with Crippen LogP contribution >= 0.6 is 0 Å². The van der Waals surface area contributed by atoms with Gasteiger partial charge in [-0.2, -0.15) is 0 Å². The van der Waals surface area contributed by atoms with Gasteiger partial charge in [-0.3, -0.25) is 0 Å². The standard InChI is InChI=1S/C49H36N2/c1-35-20-22-37(23-21-35)38-24-27-42(28-25-38)50(45-29-26-36-10-2-3-13-41(36)34-45)43-30-32-44(33-31-43)51(48-18-8-14-39-11-4-6-16-46(39)48)49-19-9-15-40-12-5-7-17-47(40)49/h2-34H,1H3. The molecule has 0 amide bonds. The van der Waals surface area contributed by atoms with Gasteiger partial charge in [-0.25, -0.2) is 0 Å². The van der Waals surface area contributed by atoms with Gasteiger partial charge >= 0.3 is 0 Å². The minimum absolute atomic E-state index is 1.09. The second-order valence-electron chi connectivity index (χ2n) is 13.1. The van der Waals surface area contributed by atoms with Gasteiger partial charge in [0.1, 0.15) is 0 Å². The maximum atomic E-state index is 2.41. The summed E-state index contributed by atoms with van der Waals surface area (Å²) in [5.74, 6) is 0. The van der Waals surface area contributed by atoms with E-state index >= 15 is 0 Å². The number of hydrogen-bond acceptors (Lipinski definition) is 2. The van der Waals surface area contributed by atoms with Crippen LogP contribution in [0.1, 0.15) is 5.56 Å². The molecule has 0 fully saturated rings. The molecule has 0 aromatic heterocycles. The summed E-state index contributed by atoms with van der Waals surface area (Å²) in [6.45, 7) is 2.13. The average molecular weight is 653 g/mol. The smallest absolute Gasteiger partial charge is 0.0540 e. The third-order valence-electron chi connectivity index (χ3n) is 9.88. The Bertz CT molecular complexity index is 2550. The predicted octanol–water partition coefficient (Wildman–Crippen LogP) is 14.1. The molecule has 0 atom stereocenters. The molecule has 0 bridgehead atoms. The molecule has 0 aliphatic heterocycles. The van der Waals surface area contributed by atoms with E-state index in [0.717, 1.165) is 34.1 Å². The van der Waals surface area contributed by atoms with Gasteiger partial charge in [-0.15, -0.1) is 0 Å². The minimum atomic E-state index is 1.09. The topological polar surface area (TPSA) is 6.48 Å². The van der Waals surface area contributed by atoms with E-state index in [4.69, 9.17) is 0 Å². The molecule has 242 valence electrons.